The number of fused-ring (bicyclic) bond motifs is 10. The summed E-state index contributed by atoms with van der Waals surface area (Å²) in [4.78, 5) is 7.15. The molecule has 0 fully saturated rings. The summed E-state index contributed by atoms with van der Waals surface area (Å²) in [7, 11) is -2.10. The maximum Gasteiger partial charge on any atom is 0.0722 e. The number of nitrogens with zero attached hydrogens (tertiary/aromatic N) is 3. The van der Waals surface area contributed by atoms with Crippen LogP contribution in [-0.2, 0) is 0 Å². The summed E-state index contributed by atoms with van der Waals surface area (Å²) in [6.07, 6.45) is 16.8. The third-order valence-corrected chi connectivity index (χ3v) is 17.0. The number of anilines is 2. The number of aromatic nitrogens is 2. The van der Waals surface area contributed by atoms with Crippen molar-refractivity contribution in [2.45, 2.75) is 21.8 Å². The van der Waals surface area contributed by atoms with Crippen LogP contribution in [0.25, 0.3) is 50.2 Å². The van der Waals surface area contributed by atoms with Gasteiger partial charge in [0.2, 0.25) is 0 Å². The highest BCUT2D eigenvalue weighted by atomic mass is 32.3. The van der Waals surface area contributed by atoms with Gasteiger partial charge in [-0.2, -0.15) is 0 Å². The molecule has 2 unspecified atom stereocenters. The maximum atomic E-state index is 4.40. The number of para-hydroxylation sites is 4. The van der Waals surface area contributed by atoms with Crippen LogP contribution in [0.1, 0.15) is 28.8 Å². The van der Waals surface area contributed by atoms with Crippen molar-refractivity contribution in [1.29, 1.82) is 0 Å². The van der Waals surface area contributed by atoms with E-state index in [9.17, 15) is 0 Å². The van der Waals surface area contributed by atoms with Crippen LogP contribution in [0.3, 0.4) is 0 Å². The molecular formula is C60H47N3S. The molecule has 0 saturated heterocycles. The van der Waals surface area contributed by atoms with E-state index in [0.717, 1.165) is 26.9 Å². The van der Waals surface area contributed by atoms with Gasteiger partial charge in [-0.05, 0) is 109 Å². The SMILES string of the molecule is C=C/C=C(\C=C)S(/C(C=C)=C/C=C)(c1ccccc1)c1ccc2c(c1)C1C=Cc3c(c4cc(-n5c6ccccc6c6ccccc65)ccc4n3-c3ccccc3)C1N2c1ccccc1. The van der Waals surface area contributed by atoms with Gasteiger partial charge in [-0.25, -0.2) is 0 Å². The first-order valence-electron chi connectivity index (χ1n) is 21.8. The molecule has 2 atom stereocenters. The fraction of sp³-hybridized carbons (Fsp3) is 0.0333. The van der Waals surface area contributed by atoms with E-state index < -0.39 is 10.0 Å². The Morgan fingerprint density at radius 2 is 1.05 bits per heavy atom. The summed E-state index contributed by atoms with van der Waals surface area (Å²) in [5.41, 5.74) is 12.0. The first-order valence-corrected chi connectivity index (χ1v) is 23.4. The lowest BCUT2D eigenvalue weighted by atomic mass is 9.84. The molecule has 2 aliphatic rings. The van der Waals surface area contributed by atoms with Crippen molar-refractivity contribution in [3.8, 4) is 11.4 Å². The van der Waals surface area contributed by atoms with Gasteiger partial charge < -0.3 is 14.0 Å². The Balaban J connectivity index is 1.20. The molecule has 3 nitrogen and oxygen atoms in total. The standard InChI is InChI=1S/C60H47N3S/c1-5-22-45(7-3)64(46(8-4)23-6-2,47-28-16-11-17-29-47)48-35-38-56-52(41-48)51-36-39-58-59(60(51)63(56)43-26-14-10-15-27-43)53-40-44(34-37-57(53)61(58)42-24-12-9-13-25-42)62-54-32-20-18-30-49(54)50-31-19-21-33-55(50)62/h5-41,51,60H,1-4H2/b45-22+,46-23+. The molecular weight excluding hydrogens is 795 g/mol. The van der Waals surface area contributed by atoms with Crippen molar-refractivity contribution in [3.63, 3.8) is 0 Å². The van der Waals surface area contributed by atoms with E-state index in [0.29, 0.717) is 0 Å². The molecule has 0 spiro atoms. The molecule has 9 aromatic rings. The van der Waals surface area contributed by atoms with Crippen LogP contribution in [0, 0.1) is 0 Å². The van der Waals surface area contributed by atoms with Gasteiger partial charge in [-0.3, -0.25) is 0 Å². The minimum Gasteiger partial charge on any atom is -0.333 e. The van der Waals surface area contributed by atoms with E-state index >= 15 is 0 Å². The van der Waals surface area contributed by atoms with E-state index in [-0.39, 0.29) is 12.0 Å². The normalized spacial score (nSPS) is 17.1. The molecule has 0 bridgehead atoms. The van der Waals surface area contributed by atoms with Crippen molar-refractivity contribution in [3.05, 3.63) is 271 Å². The quantitative estimate of drug-likeness (QED) is 0.118. The molecule has 308 valence electrons. The van der Waals surface area contributed by atoms with E-state index in [1.165, 1.54) is 65.0 Å². The second-order valence-corrected chi connectivity index (χ2v) is 19.4. The van der Waals surface area contributed by atoms with Crippen molar-refractivity contribution >= 4 is 60.2 Å². The number of hydrogen-bond donors (Lipinski definition) is 0. The first kappa shape index (κ1) is 39.1. The average molecular weight is 842 g/mol. The van der Waals surface area contributed by atoms with Crippen molar-refractivity contribution in [2.75, 3.05) is 4.90 Å². The Labute approximate surface area is 376 Å². The first-order chi connectivity index (χ1) is 31.6. The highest BCUT2D eigenvalue weighted by Crippen LogP contribution is 2.74. The van der Waals surface area contributed by atoms with Crippen molar-refractivity contribution in [1.82, 2.24) is 9.13 Å². The Bertz CT molecular complexity index is 3330. The molecule has 3 heterocycles. The third-order valence-electron chi connectivity index (χ3n) is 13.0. The Kier molecular flexibility index (Phi) is 9.67. The minimum atomic E-state index is -2.10. The maximum absolute atomic E-state index is 4.40. The second-order valence-electron chi connectivity index (χ2n) is 16.2. The van der Waals surface area contributed by atoms with Crippen molar-refractivity contribution < 1.29 is 0 Å². The summed E-state index contributed by atoms with van der Waals surface area (Å²) in [6, 6.07) is 64.3. The van der Waals surface area contributed by atoms with Crippen LogP contribution < -0.4 is 4.90 Å². The monoisotopic (exact) mass is 841 g/mol. The van der Waals surface area contributed by atoms with Gasteiger partial charge in [-0.1, -0.05) is 148 Å². The van der Waals surface area contributed by atoms with Gasteiger partial charge >= 0.3 is 0 Å². The predicted molar refractivity (Wildman–Crippen MR) is 275 cm³/mol. The topological polar surface area (TPSA) is 13.1 Å². The third kappa shape index (κ3) is 5.76. The molecule has 0 N–H and O–H groups in total. The largest absolute Gasteiger partial charge is 0.333 e. The molecule has 1 aliphatic heterocycles. The molecule has 0 amide bonds. The molecule has 7 aromatic carbocycles. The van der Waals surface area contributed by atoms with Gasteiger partial charge in [0.1, 0.15) is 0 Å². The fourth-order valence-electron chi connectivity index (χ4n) is 10.5. The highest BCUT2D eigenvalue weighted by Gasteiger charge is 2.45. The van der Waals surface area contributed by atoms with Crippen LogP contribution in [0.2, 0.25) is 0 Å². The lowest BCUT2D eigenvalue weighted by Gasteiger charge is -2.43. The van der Waals surface area contributed by atoms with Gasteiger partial charge in [0.25, 0.3) is 0 Å². The van der Waals surface area contributed by atoms with E-state index in [1.807, 2.05) is 24.3 Å². The summed E-state index contributed by atoms with van der Waals surface area (Å²) < 4.78 is 4.90. The van der Waals surface area contributed by atoms with Crippen molar-refractivity contribution in [2.24, 2.45) is 0 Å². The summed E-state index contributed by atoms with van der Waals surface area (Å²) in [5, 5.41) is 3.74. The molecule has 64 heavy (non-hydrogen) atoms. The Morgan fingerprint density at radius 1 is 0.484 bits per heavy atom. The summed E-state index contributed by atoms with van der Waals surface area (Å²) in [6.45, 7) is 17.1. The number of rotatable bonds is 11. The summed E-state index contributed by atoms with van der Waals surface area (Å²) >= 11 is 0. The van der Waals surface area contributed by atoms with E-state index in [4.69, 9.17) is 0 Å². The van der Waals surface area contributed by atoms with Crippen LogP contribution in [-0.4, -0.2) is 9.13 Å². The lowest BCUT2D eigenvalue weighted by molar-refractivity contribution is 0.669. The predicted octanol–water partition coefficient (Wildman–Crippen LogP) is 16.5. The Hall–Kier alpha value is -7.79. The molecule has 1 aliphatic carbocycles. The Morgan fingerprint density at radius 3 is 1.66 bits per heavy atom. The van der Waals surface area contributed by atoms with Crippen LogP contribution in [0.15, 0.2) is 264 Å². The zero-order valence-corrected chi connectivity index (χ0v) is 36.4. The van der Waals surface area contributed by atoms with Crippen LogP contribution in [0.4, 0.5) is 11.4 Å². The summed E-state index contributed by atoms with van der Waals surface area (Å²) in [5.74, 6) is 0.0355. The fourth-order valence-corrected chi connectivity index (χ4v) is 14.4. The number of allylic oxidation sites excluding steroid dienone is 6. The van der Waals surface area contributed by atoms with Crippen LogP contribution in [0.5, 0.6) is 0 Å². The van der Waals surface area contributed by atoms with E-state index in [1.54, 1.807) is 0 Å². The number of hydrogen-bond acceptors (Lipinski definition) is 1. The van der Waals surface area contributed by atoms with Crippen LogP contribution >= 0.6 is 10.0 Å². The van der Waals surface area contributed by atoms with Gasteiger partial charge in [-0.15, -0.1) is 10.0 Å². The minimum absolute atomic E-state index is 0.0355. The van der Waals surface area contributed by atoms with Gasteiger partial charge in [0.05, 0.1) is 28.3 Å². The number of benzene rings is 7. The smallest absolute Gasteiger partial charge is 0.0722 e. The second kappa shape index (κ2) is 15.8. The zero-order chi connectivity index (χ0) is 43.4. The molecule has 2 aromatic heterocycles. The molecule has 0 radical (unpaired) electrons. The van der Waals surface area contributed by atoms with Gasteiger partial charge in [0, 0.05) is 70.0 Å². The average Bonchev–Trinajstić information content (AvgIpc) is 3.99. The van der Waals surface area contributed by atoms with E-state index in [2.05, 4.69) is 241 Å². The van der Waals surface area contributed by atoms with Gasteiger partial charge in [0.15, 0.2) is 0 Å². The highest BCUT2D eigenvalue weighted by molar-refractivity contribution is 8.40. The molecule has 0 saturated carbocycles. The lowest BCUT2D eigenvalue weighted by Crippen LogP contribution is -2.24. The zero-order valence-electron chi connectivity index (χ0n) is 35.6. The molecule has 4 heteroatoms. The molecule has 11 rings (SSSR count).